The minimum Gasteiger partial charge on any atom is -0.472 e. The van der Waals surface area contributed by atoms with Crippen LogP contribution in [0.5, 0.6) is 0 Å². The molecule has 0 spiro atoms. The quantitative estimate of drug-likeness (QED) is 0.228. The molecule has 2 saturated carbocycles. The third-order valence-corrected chi connectivity index (χ3v) is 11.6. The molecule has 5 fully saturated rings. The summed E-state index contributed by atoms with van der Waals surface area (Å²) >= 11 is 0. The monoisotopic (exact) mass is 584 g/mol. The third kappa shape index (κ3) is 3.58. The van der Waals surface area contributed by atoms with Crippen molar-refractivity contribution in [3.05, 3.63) is 47.5 Å². The van der Waals surface area contributed by atoms with E-state index in [9.17, 15) is 24.6 Å². The first-order valence-electron chi connectivity index (χ1n) is 14.7. The van der Waals surface area contributed by atoms with Gasteiger partial charge in [0.05, 0.1) is 38.6 Å². The normalized spacial score (nSPS) is 44.7. The number of ether oxygens (including phenoxy) is 4. The topological polar surface area (TPSA) is 142 Å². The molecule has 42 heavy (non-hydrogen) atoms. The highest BCUT2D eigenvalue weighted by Crippen LogP contribution is 2.74. The minimum absolute atomic E-state index is 0.0347. The molecule has 3 aliphatic heterocycles. The van der Waals surface area contributed by atoms with Gasteiger partial charge in [0.25, 0.3) is 0 Å². The van der Waals surface area contributed by atoms with Crippen LogP contribution < -0.4 is 0 Å². The fraction of sp³-hybridized carbons (Fsp3) is 0.656. The first kappa shape index (κ1) is 29.1. The van der Waals surface area contributed by atoms with Crippen molar-refractivity contribution < 1.29 is 48.0 Å². The van der Waals surface area contributed by atoms with Crippen LogP contribution in [0.15, 0.2) is 46.3 Å². The maximum Gasteiger partial charge on any atom is 0.335 e. The number of esters is 3. The Morgan fingerprint density at radius 2 is 1.93 bits per heavy atom. The first-order chi connectivity index (χ1) is 19.8. The minimum atomic E-state index is -1.86. The maximum atomic E-state index is 13.2. The second-order valence-electron chi connectivity index (χ2n) is 13.5. The number of methoxy groups -OCH3 is 1. The molecule has 228 valence electrons. The van der Waals surface area contributed by atoms with Gasteiger partial charge in [-0.25, -0.2) is 9.59 Å². The summed E-state index contributed by atoms with van der Waals surface area (Å²) in [6.07, 6.45) is 5.05. The van der Waals surface area contributed by atoms with Crippen LogP contribution in [0.1, 0.15) is 65.5 Å². The fourth-order valence-corrected chi connectivity index (χ4v) is 9.42. The highest BCUT2D eigenvalue weighted by atomic mass is 16.6. The Balaban J connectivity index is 1.54. The molecule has 6 aliphatic rings. The van der Waals surface area contributed by atoms with Crippen molar-refractivity contribution in [3.8, 4) is 0 Å². The number of fused-ring (bicyclic) bond motifs is 4. The standard InChI is InChI=1S/C32H40O10/c1-7-16(2)27(35)42-26-21-12-18-19(8-10-29(3)20(18)13-22(33)41-25(29)17-9-11-39-14-17)31(5)24(23(34)28(36)38-6)30(26,4)15-40-32(21,31)37/h7,9,11-12,14,19-21,23-26,34,37H,8,10,13,15H2,1-6H3. The summed E-state index contributed by atoms with van der Waals surface area (Å²) in [7, 11) is 1.21. The van der Waals surface area contributed by atoms with Gasteiger partial charge in [-0.2, -0.15) is 0 Å². The third-order valence-electron chi connectivity index (χ3n) is 11.6. The maximum absolute atomic E-state index is 13.2. The summed E-state index contributed by atoms with van der Waals surface area (Å²) in [5.74, 6) is -5.90. The second-order valence-corrected chi connectivity index (χ2v) is 13.5. The number of rotatable bonds is 5. The smallest absolute Gasteiger partial charge is 0.335 e. The Hall–Kier alpha value is -2.95. The number of aliphatic hydroxyl groups is 2. The van der Waals surface area contributed by atoms with Crippen LogP contribution in [-0.4, -0.2) is 59.8 Å². The number of carbonyl (C=O) groups is 3. The average Bonchev–Trinajstić information content (AvgIpc) is 3.49. The van der Waals surface area contributed by atoms with Crippen LogP contribution in [0, 0.1) is 39.9 Å². The van der Waals surface area contributed by atoms with E-state index < -0.39 is 64.1 Å². The lowest BCUT2D eigenvalue weighted by atomic mass is 9.37. The van der Waals surface area contributed by atoms with Gasteiger partial charge in [-0.3, -0.25) is 4.79 Å². The molecule has 1 aromatic rings. The van der Waals surface area contributed by atoms with Gasteiger partial charge in [-0.05, 0) is 44.6 Å². The fourth-order valence-electron chi connectivity index (χ4n) is 9.42. The van der Waals surface area contributed by atoms with E-state index >= 15 is 0 Å². The lowest BCUT2D eigenvalue weighted by molar-refractivity contribution is -0.434. The lowest BCUT2D eigenvalue weighted by Crippen LogP contribution is -2.81. The number of allylic oxidation sites excluding steroid dienone is 2. The van der Waals surface area contributed by atoms with E-state index in [1.165, 1.54) is 7.11 Å². The molecular weight excluding hydrogens is 544 g/mol. The van der Waals surface area contributed by atoms with E-state index in [2.05, 4.69) is 6.92 Å². The van der Waals surface area contributed by atoms with Gasteiger partial charge in [-0.1, -0.05) is 38.5 Å². The molecule has 7 rings (SSSR count). The van der Waals surface area contributed by atoms with Crippen molar-refractivity contribution in [3.63, 3.8) is 0 Å². The Kier molecular flexibility index (Phi) is 6.61. The molecule has 10 heteroatoms. The molecular formula is C32H40O10. The van der Waals surface area contributed by atoms with E-state index in [0.29, 0.717) is 18.4 Å². The van der Waals surface area contributed by atoms with Gasteiger partial charge in [-0.15, -0.1) is 0 Å². The molecule has 10 nitrogen and oxygen atoms in total. The van der Waals surface area contributed by atoms with Crippen LogP contribution in [0.4, 0.5) is 0 Å². The van der Waals surface area contributed by atoms with Crippen LogP contribution in [0.2, 0.25) is 0 Å². The zero-order valence-electron chi connectivity index (χ0n) is 24.9. The highest BCUT2D eigenvalue weighted by molar-refractivity contribution is 5.88. The number of cyclic esters (lactones) is 1. The Labute approximate surface area is 245 Å². The number of carbonyl (C=O) groups excluding carboxylic acids is 3. The van der Waals surface area contributed by atoms with Gasteiger partial charge in [0, 0.05) is 33.3 Å². The molecule has 11 atom stereocenters. The van der Waals surface area contributed by atoms with Crippen molar-refractivity contribution in [2.24, 2.45) is 39.9 Å². The lowest BCUT2D eigenvalue weighted by Gasteiger charge is -2.74. The summed E-state index contributed by atoms with van der Waals surface area (Å²) in [5.41, 5.74) is -0.616. The van der Waals surface area contributed by atoms with Gasteiger partial charge in [0.2, 0.25) is 0 Å². The summed E-state index contributed by atoms with van der Waals surface area (Å²) in [4.78, 5) is 39.3. The van der Waals surface area contributed by atoms with E-state index in [4.69, 9.17) is 23.4 Å². The number of hydrogen-bond donors (Lipinski definition) is 2. The number of furan rings is 1. The van der Waals surface area contributed by atoms with Crippen LogP contribution in [0.25, 0.3) is 0 Å². The number of hydrogen-bond acceptors (Lipinski definition) is 10. The van der Waals surface area contributed by atoms with Crippen LogP contribution in [-0.2, 0) is 33.3 Å². The molecule has 11 unspecified atom stereocenters. The largest absolute Gasteiger partial charge is 0.472 e. The molecule has 0 amide bonds. The molecule has 0 aromatic carbocycles. The van der Waals surface area contributed by atoms with Crippen LogP contribution in [0.3, 0.4) is 0 Å². The summed E-state index contributed by atoms with van der Waals surface area (Å²) in [6, 6.07) is 1.81. The Bertz CT molecular complexity index is 1360. The SMILES string of the molecule is CC=C(C)C(=O)OC1C2C=C3C4CC(=O)OC(c5ccoc5)C4(C)CCC3C3(C)C(C(O)C(=O)OC)C1(C)COC23O. The van der Waals surface area contributed by atoms with E-state index in [-0.39, 0.29) is 30.8 Å². The molecule has 4 heterocycles. The van der Waals surface area contributed by atoms with E-state index in [1.54, 1.807) is 38.5 Å². The zero-order valence-corrected chi connectivity index (χ0v) is 24.9. The summed E-state index contributed by atoms with van der Waals surface area (Å²) in [5, 5.41) is 24.2. The van der Waals surface area contributed by atoms with Gasteiger partial charge in [0.15, 0.2) is 11.9 Å². The summed E-state index contributed by atoms with van der Waals surface area (Å²) < 4.78 is 28.7. The van der Waals surface area contributed by atoms with Crippen molar-refractivity contribution in [2.45, 2.75) is 78.0 Å². The highest BCUT2D eigenvalue weighted by Gasteiger charge is 2.80. The Morgan fingerprint density at radius 3 is 2.57 bits per heavy atom. The summed E-state index contributed by atoms with van der Waals surface area (Å²) in [6.45, 7) is 9.16. The van der Waals surface area contributed by atoms with E-state index in [1.807, 2.05) is 19.9 Å². The van der Waals surface area contributed by atoms with Gasteiger partial charge >= 0.3 is 17.9 Å². The molecule has 1 aromatic heterocycles. The molecule has 3 aliphatic carbocycles. The molecule has 0 radical (unpaired) electrons. The van der Waals surface area contributed by atoms with Crippen molar-refractivity contribution >= 4 is 17.9 Å². The molecule has 3 saturated heterocycles. The predicted molar refractivity (Wildman–Crippen MR) is 146 cm³/mol. The van der Waals surface area contributed by atoms with Crippen LogP contribution >= 0.6 is 0 Å². The van der Waals surface area contributed by atoms with E-state index in [0.717, 1.165) is 11.1 Å². The van der Waals surface area contributed by atoms with Gasteiger partial charge < -0.3 is 33.6 Å². The molecule has 2 N–H and O–H groups in total. The predicted octanol–water partition coefficient (Wildman–Crippen LogP) is 3.63. The van der Waals surface area contributed by atoms with Gasteiger partial charge in [0.1, 0.15) is 12.2 Å². The second kappa shape index (κ2) is 9.53. The average molecular weight is 585 g/mol. The number of aliphatic hydroxyl groups excluding tert-OH is 1. The molecule has 4 bridgehead atoms. The Morgan fingerprint density at radius 1 is 1.19 bits per heavy atom. The first-order valence-corrected chi connectivity index (χ1v) is 14.7. The zero-order chi connectivity index (χ0) is 30.4. The van der Waals surface area contributed by atoms with Crippen molar-refractivity contribution in [1.82, 2.24) is 0 Å². The van der Waals surface area contributed by atoms with Crippen molar-refractivity contribution in [2.75, 3.05) is 13.7 Å². The van der Waals surface area contributed by atoms with Crippen molar-refractivity contribution in [1.29, 1.82) is 0 Å².